The van der Waals surface area contributed by atoms with Crippen molar-refractivity contribution in [2.45, 2.75) is 13.5 Å². The van der Waals surface area contributed by atoms with Crippen LogP contribution in [0.25, 0.3) is 6.08 Å². The van der Waals surface area contributed by atoms with E-state index in [4.69, 9.17) is 23.2 Å². The number of nitrogens with one attached hydrogen (secondary N) is 1. The van der Waals surface area contributed by atoms with Gasteiger partial charge in [-0.2, -0.15) is 0 Å². The molecule has 0 atom stereocenters. The highest BCUT2D eigenvalue weighted by Crippen LogP contribution is 2.20. The summed E-state index contributed by atoms with van der Waals surface area (Å²) in [6.45, 7) is 2.33. The lowest BCUT2D eigenvalue weighted by molar-refractivity contribution is -0.132. The van der Waals surface area contributed by atoms with Crippen LogP contribution in [0, 0.1) is 5.82 Å². The van der Waals surface area contributed by atoms with Crippen molar-refractivity contribution in [3.8, 4) is 0 Å². The Morgan fingerprint density at radius 3 is 2.48 bits per heavy atom. The number of halogens is 3. The van der Waals surface area contributed by atoms with Gasteiger partial charge in [0, 0.05) is 29.8 Å². The summed E-state index contributed by atoms with van der Waals surface area (Å²) in [7, 11) is 0. The first-order chi connectivity index (χ1) is 12.9. The van der Waals surface area contributed by atoms with Gasteiger partial charge in [-0.25, -0.2) is 4.39 Å². The van der Waals surface area contributed by atoms with E-state index in [1.54, 1.807) is 19.1 Å². The zero-order valence-electron chi connectivity index (χ0n) is 14.7. The van der Waals surface area contributed by atoms with E-state index >= 15 is 0 Å². The van der Waals surface area contributed by atoms with E-state index in [1.807, 2.05) is 12.1 Å². The van der Waals surface area contributed by atoms with E-state index in [-0.39, 0.29) is 23.0 Å². The molecule has 0 aliphatic rings. The van der Waals surface area contributed by atoms with Crippen molar-refractivity contribution < 1.29 is 14.0 Å². The Hall–Kier alpha value is -2.37. The summed E-state index contributed by atoms with van der Waals surface area (Å²) < 4.78 is 13.7. The molecule has 0 bridgehead atoms. The Labute approximate surface area is 167 Å². The summed E-state index contributed by atoms with van der Waals surface area (Å²) in [4.78, 5) is 25.7. The van der Waals surface area contributed by atoms with Crippen LogP contribution < -0.4 is 5.32 Å². The summed E-state index contributed by atoms with van der Waals surface area (Å²) in [5.41, 5.74) is 1.03. The fourth-order valence-corrected chi connectivity index (χ4v) is 2.66. The Bertz CT molecular complexity index is 818. The maximum atomic E-state index is 13.7. The van der Waals surface area contributed by atoms with E-state index < -0.39 is 11.7 Å². The van der Waals surface area contributed by atoms with Gasteiger partial charge >= 0.3 is 0 Å². The summed E-state index contributed by atoms with van der Waals surface area (Å²) in [5, 5.41) is 3.58. The molecule has 0 heterocycles. The molecule has 2 aromatic rings. The van der Waals surface area contributed by atoms with Crippen LogP contribution in [0.5, 0.6) is 0 Å². The first kappa shape index (κ1) is 20.9. The maximum absolute atomic E-state index is 13.7. The lowest BCUT2D eigenvalue weighted by atomic mass is 10.2. The third-order valence-electron chi connectivity index (χ3n) is 3.82. The monoisotopic (exact) mass is 408 g/mol. The minimum Gasteiger partial charge on any atom is -0.350 e. The smallest absolute Gasteiger partial charge is 0.247 e. The quantitative estimate of drug-likeness (QED) is 0.693. The van der Waals surface area contributed by atoms with Gasteiger partial charge in [0.1, 0.15) is 5.82 Å². The second-order valence-corrected chi connectivity index (χ2v) is 6.57. The Morgan fingerprint density at radius 2 is 1.85 bits per heavy atom. The largest absolute Gasteiger partial charge is 0.350 e. The summed E-state index contributed by atoms with van der Waals surface area (Å²) in [6, 6.07) is 11.4. The number of likely N-dealkylation sites (N-methyl/N-ethyl adjacent to an activating group) is 1. The first-order valence-corrected chi connectivity index (χ1v) is 9.08. The van der Waals surface area contributed by atoms with Gasteiger partial charge in [0.2, 0.25) is 11.8 Å². The fourth-order valence-electron chi connectivity index (χ4n) is 2.31. The Balaban J connectivity index is 1.93. The summed E-state index contributed by atoms with van der Waals surface area (Å²) in [6.07, 6.45) is 2.52. The molecular formula is C20H19Cl2FN2O2. The highest BCUT2D eigenvalue weighted by atomic mass is 35.5. The van der Waals surface area contributed by atoms with E-state index in [0.29, 0.717) is 18.1 Å². The average molecular weight is 409 g/mol. The van der Waals surface area contributed by atoms with Crippen LogP contribution in [0.4, 0.5) is 4.39 Å². The highest BCUT2D eigenvalue weighted by Gasteiger charge is 2.13. The van der Waals surface area contributed by atoms with Gasteiger partial charge in [0.25, 0.3) is 0 Å². The fraction of sp³-hybridized carbons (Fsp3) is 0.200. The minimum atomic E-state index is -0.518. The van der Waals surface area contributed by atoms with E-state index in [0.717, 1.165) is 5.56 Å². The highest BCUT2D eigenvalue weighted by molar-refractivity contribution is 6.32. The van der Waals surface area contributed by atoms with Gasteiger partial charge < -0.3 is 10.2 Å². The van der Waals surface area contributed by atoms with Crippen LogP contribution >= 0.6 is 23.2 Å². The van der Waals surface area contributed by atoms with Crippen molar-refractivity contribution in [2.24, 2.45) is 0 Å². The standard InChI is InChI=1S/C20H19Cl2FN2O2/c1-2-25(13-19(26)24-12-14-6-8-15(21)9-7-14)20(27)11-10-16-17(22)4-3-5-18(16)23/h3-11H,2,12-13H2,1H3,(H,24,26). The third-order valence-corrected chi connectivity index (χ3v) is 4.40. The predicted octanol–water partition coefficient (Wildman–Crippen LogP) is 4.31. The molecule has 142 valence electrons. The molecule has 0 fully saturated rings. The molecule has 0 aliphatic carbocycles. The maximum Gasteiger partial charge on any atom is 0.247 e. The second kappa shape index (κ2) is 10.1. The lowest BCUT2D eigenvalue weighted by Gasteiger charge is -2.18. The lowest BCUT2D eigenvalue weighted by Crippen LogP contribution is -2.39. The van der Waals surface area contributed by atoms with E-state index in [1.165, 1.54) is 35.3 Å². The first-order valence-electron chi connectivity index (χ1n) is 8.33. The zero-order valence-corrected chi connectivity index (χ0v) is 16.2. The zero-order chi connectivity index (χ0) is 19.8. The van der Waals surface area contributed by atoms with Crippen molar-refractivity contribution in [3.05, 3.63) is 75.5 Å². The van der Waals surface area contributed by atoms with Crippen molar-refractivity contribution in [1.82, 2.24) is 10.2 Å². The third kappa shape index (κ3) is 6.38. The molecule has 0 saturated heterocycles. The van der Waals surface area contributed by atoms with Crippen molar-refractivity contribution in [3.63, 3.8) is 0 Å². The van der Waals surface area contributed by atoms with Gasteiger partial charge in [-0.3, -0.25) is 9.59 Å². The number of carbonyl (C=O) groups excluding carboxylic acids is 2. The predicted molar refractivity (Wildman–Crippen MR) is 106 cm³/mol. The van der Waals surface area contributed by atoms with Crippen LogP contribution in [-0.2, 0) is 16.1 Å². The van der Waals surface area contributed by atoms with Gasteiger partial charge in [0.15, 0.2) is 0 Å². The molecule has 0 saturated carbocycles. The summed E-state index contributed by atoms with van der Waals surface area (Å²) >= 11 is 11.8. The molecule has 0 spiro atoms. The number of hydrogen-bond donors (Lipinski definition) is 1. The van der Waals surface area contributed by atoms with Crippen molar-refractivity contribution in [1.29, 1.82) is 0 Å². The van der Waals surface area contributed by atoms with Crippen molar-refractivity contribution >= 4 is 41.1 Å². The molecule has 0 radical (unpaired) electrons. The molecule has 2 amide bonds. The van der Waals surface area contributed by atoms with Crippen LogP contribution in [0.1, 0.15) is 18.1 Å². The minimum absolute atomic E-state index is 0.0989. The van der Waals surface area contributed by atoms with Gasteiger partial charge in [-0.1, -0.05) is 41.4 Å². The number of hydrogen-bond acceptors (Lipinski definition) is 2. The molecule has 2 aromatic carbocycles. The van der Waals surface area contributed by atoms with E-state index in [9.17, 15) is 14.0 Å². The second-order valence-electron chi connectivity index (χ2n) is 5.72. The average Bonchev–Trinajstić information content (AvgIpc) is 2.65. The van der Waals surface area contributed by atoms with Crippen LogP contribution in [0.2, 0.25) is 10.0 Å². The molecule has 0 aliphatic heterocycles. The van der Waals surface area contributed by atoms with Gasteiger partial charge in [-0.15, -0.1) is 0 Å². The number of amides is 2. The molecule has 0 aromatic heterocycles. The molecule has 4 nitrogen and oxygen atoms in total. The van der Waals surface area contributed by atoms with Crippen LogP contribution in [0.3, 0.4) is 0 Å². The summed E-state index contributed by atoms with van der Waals surface area (Å²) in [5.74, 6) is -1.22. The van der Waals surface area contributed by atoms with Gasteiger partial charge in [0.05, 0.1) is 11.6 Å². The normalized spacial score (nSPS) is 10.8. The SMILES string of the molecule is CCN(CC(=O)NCc1ccc(Cl)cc1)C(=O)C=Cc1c(F)cccc1Cl. The topological polar surface area (TPSA) is 49.4 Å². The molecule has 27 heavy (non-hydrogen) atoms. The van der Waals surface area contributed by atoms with Crippen molar-refractivity contribution in [2.75, 3.05) is 13.1 Å². The van der Waals surface area contributed by atoms with E-state index in [2.05, 4.69) is 5.32 Å². The molecular weight excluding hydrogens is 390 g/mol. The molecule has 0 unspecified atom stereocenters. The Morgan fingerprint density at radius 1 is 1.15 bits per heavy atom. The Kier molecular flexibility index (Phi) is 7.82. The molecule has 1 N–H and O–H groups in total. The van der Waals surface area contributed by atoms with Crippen LogP contribution in [0.15, 0.2) is 48.5 Å². The molecule has 2 rings (SSSR count). The molecule has 7 heteroatoms. The van der Waals surface area contributed by atoms with Crippen LogP contribution in [-0.4, -0.2) is 29.8 Å². The number of benzene rings is 2. The number of carbonyl (C=O) groups is 2. The number of nitrogens with zero attached hydrogens (tertiary/aromatic N) is 1. The number of rotatable bonds is 7. The van der Waals surface area contributed by atoms with Gasteiger partial charge in [-0.05, 0) is 42.8 Å².